The lowest BCUT2D eigenvalue weighted by Gasteiger charge is -2.11. The zero-order valence-corrected chi connectivity index (χ0v) is 11.0. The van der Waals surface area contributed by atoms with E-state index in [2.05, 4.69) is 66.4 Å². The summed E-state index contributed by atoms with van der Waals surface area (Å²) in [4.78, 5) is 0. The van der Waals surface area contributed by atoms with Crippen molar-refractivity contribution in [1.82, 2.24) is 0 Å². The molecule has 2 N–H and O–H groups in total. The quantitative estimate of drug-likeness (QED) is 0.374. The van der Waals surface area contributed by atoms with Crippen LogP contribution in [-0.4, -0.2) is 6.54 Å². The first-order chi connectivity index (χ1) is 9.88. The standard InChI is InChI=1S/C19H13N/c20-12-2-5-13-6-7-16-9-8-14-3-1-4-15-10-11-17(13)19(16)18(14)15/h1,3-4,6-11H,12,20H2. The zero-order chi connectivity index (χ0) is 13.5. The van der Waals surface area contributed by atoms with E-state index >= 15 is 0 Å². The van der Waals surface area contributed by atoms with Crippen molar-refractivity contribution < 1.29 is 0 Å². The van der Waals surface area contributed by atoms with Gasteiger partial charge in [-0.1, -0.05) is 60.4 Å². The highest BCUT2D eigenvalue weighted by molar-refractivity contribution is 6.23. The summed E-state index contributed by atoms with van der Waals surface area (Å²) in [6.07, 6.45) is 0. The van der Waals surface area contributed by atoms with Crippen molar-refractivity contribution in [2.75, 3.05) is 6.54 Å². The highest BCUT2D eigenvalue weighted by Crippen LogP contribution is 2.35. The van der Waals surface area contributed by atoms with Gasteiger partial charge in [0.1, 0.15) is 0 Å². The molecule has 1 nitrogen and oxygen atoms in total. The predicted molar refractivity (Wildman–Crippen MR) is 86.1 cm³/mol. The van der Waals surface area contributed by atoms with E-state index in [0.29, 0.717) is 6.54 Å². The molecule has 0 aliphatic heterocycles. The fourth-order valence-electron chi connectivity index (χ4n) is 2.99. The minimum Gasteiger partial charge on any atom is -0.320 e. The molecule has 20 heavy (non-hydrogen) atoms. The molecule has 1 heteroatoms. The Morgan fingerprint density at radius 1 is 0.750 bits per heavy atom. The first kappa shape index (κ1) is 11.3. The minimum absolute atomic E-state index is 0.391. The van der Waals surface area contributed by atoms with Gasteiger partial charge in [-0.15, -0.1) is 0 Å². The molecule has 0 aliphatic carbocycles. The lowest BCUT2D eigenvalue weighted by atomic mass is 9.92. The van der Waals surface area contributed by atoms with E-state index in [-0.39, 0.29) is 0 Å². The van der Waals surface area contributed by atoms with Crippen molar-refractivity contribution in [3.8, 4) is 11.8 Å². The van der Waals surface area contributed by atoms with Gasteiger partial charge in [-0.2, -0.15) is 0 Å². The number of benzene rings is 4. The summed E-state index contributed by atoms with van der Waals surface area (Å²) in [5.41, 5.74) is 6.55. The van der Waals surface area contributed by atoms with E-state index in [1.165, 1.54) is 32.3 Å². The monoisotopic (exact) mass is 255 g/mol. The number of nitrogens with two attached hydrogens (primary N) is 1. The van der Waals surface area contributed by atoms with Gasteiger partial charge < -0.3 is 5.73 Å². The molecule has 0 fully saturated rings. The number of rotatable bonds is 0. The van der Waals surface area contributed by atoms with Crippen LogP contribution in [0.15, 0.2) is 54.6 Å². The molecule has 0 radical (unpaired) electrons. The summed E-state index contributed by atoms with van der Waals surface area (Å²) in [5, 5.41) is 7.69. The summed E-state index contributed by atoms with van der Waals surface area (Å²) >= 11 is 0. The van der Waals surface area contributed by atoms with Crippen LogP contribution in [-0.2, 0) is 0 Å². The average molecular weight is 255 g/mol. The number of hydrogen-bond donors (Lipinski definition) is 1. The molecule has 4 aromatic carbocycles. The van der Waals surface area contributed by atoms with Gasteiger partial charge in [-0.3, -0.25) is 0 Å². The van der Waals surface area contributed by atoms with Crippen LogP contribution in [0.3, 0.4) is 0 Å². The predicted octanol–water partition coefficient (Wildman–Crippen LogP) is 3.89. The summed E-state index contributed by atoms with van der Waals surface area (Å²) in [5.74, 6) is 6.14. The van der Waals surface area contributed by atoms with Crippen LogP contribution >= 0.6 is 0 Å². The Morgan fingerprint density at radius 2 is 1.40 bits per heavy atom. The topological polar surface area (TPSA) is 26.0 Å². The number of hydrogen-bond acceptors (Lipinski definition) is 1. The molecule has 0 saturated heterocycles. The highest BCUT2D eigenvalue weighted by Gasteiger charge is 2.09. The van der Waals surface area contributed by atoms with Crippen LogP contribution in [0.25, 0.3) is 32.3 Å². The van der Waals surface area contributed by atoms with E-state index < -0.39 is 0 Å². The molecule has 4 aromatic rings. The summed E-state index contributed by atoms with van der Waals surface area (Å²) in [6.45, 7) is 0.391. The molecule has 0 amide bonds. The maximum atomic E-state index is 5.49. The third kappa shape index (κ3) is 1.49. The first-order valence-corrected chi connectivity index (χ1v) is 6.74. The summed E-state index contributed by atoms with van der Waals surface area (Å²) in [6, 6.07) is 19.4. The second-order valence-corrected chi connectivity index (χ2v) is 4.98. The van der Waals surface area contributed by atoms with Gasteiger partial charge in [-0.25, -0.2) is 0 Å². The third-order valence-corrected chi connectivity index (χ3v) is 3.85. The van der Waals surface area contributed by atoms with E-state index in [1.807, 2.05) is 0 Å². The SMILES string of the molecule is NCC#Cc1ccc2ccc3cccc4ccc1c2c34. The Labute approximate surface area is 117 Å². The molecule has 0 aromatic heterocycles. The maximum Gasteiger partial charge on any atom is 0.0555 e. The van der Waals surface area contributed by atoms with Crippen LogP contribution in [0, 0.1) is 11.8 Å². The smallest absolute Gasteiger partial charge is 0.0555 e. The molecule has 94 valence electrons. The summed E-state index contributed by atoms with van der Waals surface area (Å²) in [7, 11) is 0. The fourth-order valence-corrected chi connectivity index (χ4v) is 2.99. The van der Waals surface area contributed by atoms with Crippen LogP contribution in [0.4, 0.5) is 0 Å². The zero-order valence-electron chi connectivity index (χ0n) is 11.0. The average Bonchev–Trinajstić information content (AvgIpc) is 2.51. The molecule has 0 spiro atoms. The van der Waals surface area contributed by atoms with Crippen molar-refractivity contribution in [1.29, 1.82) is 0 Å². The molecular weight excluding hydrogens is 242 g/mol. The van der Waals surface area contributed by atoms with Crippen LogP contribution in [0.5, 0.6) is 0 Å². The largest absolute Gasteiger partial charge is 0.320 e. The Hall–Kier alpha value is -2.56. The van der Waals surface area contributed by atoms with Gasteiger partial charge in [-0.05, 0) is 38.4 Å². The van der Waals surface area contributed by atoms with Crippen molar-refractivity contribution in [3.63, 3.8) is 0 Å². The van der Waals surface area contributed by atoms with E-state index in [0.717, 1.165) is 5.56 Å². The first-order valence-electron chi connectivity index (χ1n) is 6.74. The van der Waals surface area contributed by atoms with Crippen LogP contribution < -0.4 is 5.73 Å². The van der Waals surface area contributed by atoms with Crippen molar-refractivity contribution >= 4 is 32.3 Å². The second kappa shape index (κ2) is 4.23. The van der Waals surface area contributed by atoms with E-state index in [4.69, 9.17) is 5.73 Å². The lowest BCUT2D eigenvalue weighted by Crippen LogP contribution is -1.93. The minimum atomic E-state index is 0.391. The van der Waals surface area contributed by atoms with Crippen molar-refractivity contribution in [3.05, 3.63) is 60.2 Å². The van der Waals surface area contributed by atoms with Crippen LogP contribution in [0.2, 0.25) is 0 Å². The van der Waals surface area contributed by atoms with E-state index in [1.54, 1.807) is 0 Å². The van der Waals surface area contributed by atoms with Gasteiger partial charge in [0, 0.05) is 5.56 Å². The van der Waals surface area contributed by atoms with Gasteiger partial charge in [0.05, 0.1) is 6.54 Å². The van der Waals surface area contributed by atoms with Crippen molar-refractivity contribution in [2.45, 2.75) is 0 Å². The molecule has 0 unspecified atom stereocenters. The van der Waals surface area contributed by atoms with Crippen LogP contribution in [0.1, 0.15) is 5.56 Å². The normalized spacial score (nSPS) is 11.1. The molecule has 0 aliphatic rings. The molecule has 0 bridgehead atoms. The fraction of sp³-hybridized carbons (Fsp3) is 0.0526. The molecule has 0 heterocycles. The maximum absolute atomic E-state index is 5.49. The Kier molecular flexibility index (Phi) is 2.39. The van der Waals surface area contributed by atoms with Crippen molar-refractivity contribution in [2.24, 2.45) is 5.73 Å². The van der Waals surface area contributed by atoms with Gasteiger partial charge in [0.15, 0.2) is 0 Å². The van der Waals surface area contributed by atoms with Gasteiger partial charge >= 0.3 is 0 Å². The Balaban J connectivity index is 2.26. The van der Waals surface area contributed by atoms with Gasteiger partial charge in [0.2, 0.25) is 0 Å². The Morgan fingerprint density at radius 3 is 2.15 bits per heavy atom. The third-order valence-electron chi connectivity index (χ3n) is 3.85. The molecule has 0 atom stereocenters. The molecular formula is C19H13N. The highest BCUT2D eigenvalue weighted by atomic mass is 14.5. The molecule has 4 rings (SSSR count). The van der Waals surface area contributed by atoms with Gasteiger partial charge in [0.25, 0.3) is 0 Å². The Bertz CT molecular complexity index is 971. The lowest BCUT2D eigenvalue weighted by molar-refractivity contribution is 1.30. The molecule has 0 saturated carbocycles. The second-order valence-electron chi connectivity index (χ2n) is 4.98. The van der Waals surface area contributed by atoms with E-state index in [9.17, 15) is 0 Å². The summed E-state index contributed by atoms with van der Waals surface area (Å²) < 4.78 is 0.